The van der Waals surface area contributed by atoms with E-state index in [1.165, 1.54) is 11.1 Å². The van der Waals surface area contributed by atoms with E-state index < -0.39 is 18.0 Å². The Morgan fingerprint density at radius 2 is 1.98 bits per heavy atom. The van der Waals surface area contributed by atoms with Crippen LogP contribution in [0.4, 0.5) is 24.9 Å². The maximum absolute atomic E-state index is 13.7. The van der Waals surface area contributed by atoms with Crippen LogP contribution in [-0.2, 0) is 11.3 Å². The molecule has 14 heteroatoms. The molecule has 5 rings (SSSR count). The van der Waals surface area contributed by atoms with E-state index in [4.69, 9.17) is 22.1 Å². The van der Waals surface area contributed by atoms with E-state index in [0.717, 1.165) is 11.1 Å². The van der Waals surface area contributed by atoms with E-state index in [1.807, 2.05) is 13.8 Å². The predicted molar refractivity (Wildman–Crippen MR) is 151 cm³/mol. The first-order valence-electron chi connectivity index (χ1n) is 13.2. The third kappa shape index (κ3) is 5.71. The van der Waals surface area contributed by atoms with Gasteiger partial charge in [-0.1, -0.05) is 11.6 Å². The van der Waals surface area contributed by atoms with Crippen molar-refractivity contribution in [3.8, 4) is 5.75 Å². The number of ketones is 1. The number of piperidine rings is 1. The highest BCUT2D eigenvalue weighted by molar-refractivity contribution is 6.41. The van der Waals surface area contributed by atoms with Gasteiger partial charge in [0.1, 0.15) is 10.9 Å². The molecule has 0 atom stereocenters. The highest BCUT2D eigenvalue weighted by Crippen LogP contribution is 2.42. The number of H-pyrrole nitrogens is 1. The number of aryl methyl sites for hydroxylation is 1. The van der Waals surface area contributed by atoms with E-state index in [2.05, 4.69) is 19.9 Å². The number of alkyl halides is 3. The maximum Gasteiger partial charge on any atom is 0.391 e. The molecule has 0 unspecified atom stereocenters. The van der Waals surface area contributed by atoms with Gasteiger partial charge in [0.25, 0.3) is 5.91 Å². The number of carbonyl (C=O) groups excluding carboxylic acids is 2. The molecule has 222 valence electrons. The number of nitrogens with zero attached hydrogens (tertiary/aromatic N) is 5. The molecule has 5 heterocycles. The Bertz CT molecular complexity index is 1580. The summed E-state index contributed by atoms with van der Waals surface area (Å²) in [4.78, 5) is 45.6. The Balaban J connectivity index is 1.38. The number of carbonyl (C=O) groups is 2. The lowest BCUT2D eigenvalue weighted by atomic mass is 9.96. The molecule has 1 saturated heterocycles. The second kappa shape index (κ2) is 11.4. The summed E-state index contributed by atoms with van der Waals surface area (Å²) >= 11 is 6.45. The van der Waals surface area contributed by atoms with Gasteiger partial charge in [-0.3, -0.25) is 24.4 Å². The molecule has 3 aromatic rings. The number of methoxy groups -OCH3 is 1. The molecule has 3 aromatic heterocycles. The highest BCUT2D eigenvalue weighted by atomic mass is 35.5. The van der Waals surface area contributed by atoms with Gasteiger partial charge in [0.2, 0.25) is 5.95 Å². The van der Waals surface area contributed by atoms with Crippen LogP contribution >= 0.6 is 11.6 Å². The molecule has 0 aliphatic carbocycles. The van der Waals surface area contributed by atoms with E-state index in [0.29, 0.717) is 28.3 Å². The second-order valence-corrected chi connectivity index (χ2v) is 10.8. The zero-order chi connectivity index (χ0) is 30.3. The van der Waals surface area contributed by atoms with Gasteiger partial charge < -0.3 is 15.5 Å². The number of hydrogen-bond donors (Lipinski definition) is 2. The number of halogens is 4. The minimum atomic E-state index is -4.22. The third-order valence-corrected chi connectivity index (χ3v) is 7.94. The molecule has 0 bridgehead atoms. The quantitative estimate of drug-likeness (QED) is 0.228. The lowest BCUT2D eigenvalue weighted by Crippen LogP contribution is -2.41. The summed E-state index contributed by atoms with van der Waals surface area (Å²) in [5.74, 6) is -1.20. The lowest BCUT2D eigenvalue weighted by Gasteiger charge is -2.32. The van der Waals surface area contributed by atoms with Crippen molar-refractivity contribution in [1.82, 2.24) is 24.8 Å². The summed E-state index contributed by atoms with van der Waals surface area (Å²) in [6.45, 7) is 4.18. The lowest BCUT2D eigenvalue weighted by molar-refractivity contribution is -0.184. The number of nitrogens with two attached hydrogens (primary N) is 1. The van der Waals surface area contributed by atoms with Crippen LogP contribution < -0.4 is 15.4 Å². The van der Waals surface area contributed by atoms with E-state index in [-0.39, 0.29) is 67.3 Å². The van der Waals surface area contributed by atoms with Gasteiger partial charge in [-0.15, -0.1) is 0 Å². The van der Waals surface area contributed by atoms with Gasteiger partial charge in [0, 0.05) is 34.8 Å². The first kappa shape index (κ1) is 29.5. The van der Waals surface area contributed by atoms with Crippen LogP contribution in [0.2, 0.25) is 5.15 Å². The Labute approximate surface area is 244 Å². The monoisotopic (exact) mass is 603 g/mol. The molecule has 10 nitrogen and oxygen atoms in total. The number of nitrogen functional groups attached to an aromatic ring is 1. The van der Waals surface area contributed by atoms with Gasteiger partial charge in [-0.25, -0.2) is 4.98 Å². The standard InChI is InChI=1S/C28H29ClF3N7O3/c1-14-10-35-20(15(2)23(14)42-3)12-39-25-22(24(29)36-27(33)37-25)19(26(39)41)9-18-8-16(11-34-18)21(40)13-38-6-4-17(5-7-38)28(30,31)32/h8-11,17,34H,4-7,12-13H2,1-3H3,(H2,33,36,37). The fourth-order valence-corrected chi connectivity index (χ4v) is 5.67. The number of rotatable bonds is 7. The fraction of sp³-hybridized carbons (Fsp3) is 0.393. The van der Waals surface area contributed by atoms with Crippen LogP contribution in [0.25, 0.3) is 11.6 Å². The number of pyridine rings is 1. The first-order valence-corrected chi connectivity index (χ1v) is 13.6. The SMILES string of the molecule is COc1c(C)cnc(CN2C(=O)C(=Cc3cc(C(=O)CN4CCC(C(F)(F)F)CC4)c[nH]3)c3c(Cl)nc(N)nc32)c1C. The van der Waals surface area contributed by atoms with Gasteiger partial charge in [-0.2, -0.15) is 18.2 Å². The predicted octanol–water partition coefficient (Wildman–Crippen LogP) is 4.61. The summed E-state index contributed by atoms with van der Waals surface area (Å²) in [7, 11) is 1.56. The van der Waals surface area contributed by atoms with Crippen molar-refractivity contribution in [2.24, 2.45) is 5.92 Å². The molecule has 1 fully saturated rings. The van der Waals surface area contributed by atoms with E-state index in [9.17, 15) is 22.8 Å². The van der Waals surface area contributed by atoms with Gasteiger partial charge in [0.15, 0.2) is 11.6 Å². The van der Waals surface area contributed by atoms with Crippen molar-refractivity contribution in [2.45, 2.75) is 39.4 Å². The summed E-state index contributed by atoms with van der Waals surface area (Å²) in [6.07, 6.45) is 0.439. The van der Waals surface area contributed by atoms with Gasteiger partial charge in [0.05, 0.1) is 42.9 Å². The molecule has 0 spiro atoms. The van der Waals surface area contributed by atoms with Crippen LogP contribution in [0.5, 0.6) is 5.75 Å². The fourth-order valence-electron chi connectivity index (χ4n) is 5.40. The van der Waals surface area contributed by atoms with Gasteiger partial charge in [-0.05, 0) is 51.9 Å². The summed E-state index contributed by atoms with van der Waals surface area (Å²) < 4.78 is 44.4. The molecular formula is C28H29ClF3N7O3. The number of amides is 1. The average Bonchev–Trinajstić information content (AvgIpc) is 3.49. The molecule has 2 aliphatic heterocycles. The number of fused-ring (bicyclic) bond motifs is 1. The summed E-state index contributed by atoms with van der Waals surface area (Å²) in [5, 5.41) is -0.00381. The number of likely N-dealkylation sites (tertiary alicyclic amines) is 1. The zero-order valence-corrected chi connectivity index (χ0v) is 23.9. The molecule has 3 N–H and O–H groups in total. The number of ether oxygens (including phenoxy) is 1. The van der Waals surface area contributed by atoms with Crippen molar-refractivity contribution >= 4 is 46.7 Å². The Morgan fingerprint density at radius 3 is 2.64 bits per heavy atom. The van der Waals surface area contributed by atoms with Crippen LogP contribution in [-0.4, -0.2) is 69.4 Å². The van der Waals surface area contributed by atoms with Crippen molar-refractivity contribution in [3.05, 3.63) is 57.3 Å². The van der Waals surface area contributed by atoms with Crippen molar-refractivity contribution in [2.75, 3.05) is 37.4 Å². The molecule has 2 aliphatic rings. The first-order chi connectivity index (χ1) is 19.9. The second-order valence-electron chi connectivity index (χ2n) is 10.4. The van der Waals surface area contributed by atoms with Crippen LogP contribution in [0.1, 0.15) is 51.3 Å². The zero-order valence-electron chi connectivity index (χ0n) is 23.2. The number of aromatic nitrogens is 4. The van der Waals surface area contributed by atoms with Crippen LogP contribution in [0, 0.1) is 19.8 Å². The molecule has 0 radical (unpaired) electrons. The Kier molecular flexibility index (Phi) is 7.99. The summed E-state index contributed by atoms with van der Waals surface area (Å²) in [6, 6.07) is 1.58. The van der Waals surface area contributed by atoms with E-state index in [1.54, 1.807) is 30.3 Å². The number of aromatic amines is 1. The highest BCUT2D eigenvalue weighted by Gasteiger charge is 2.41. The molecular weight excluding hydrogens is 575 g/mol. The van der Waals surface area contributed by atoms with Crippen molar-refractivity contribution in [1.29, 1.82) is 0 Å². The van der Waals surface area contributed by atoms with Gasteiger partial charge >= 0.3 is 6.18 Å². The minimum absolute atomic E-state index is 0.000702. The number of anilines is 2. The molecule has 0 saturated carbocycles. The summed E-state index contributed by atoms with van der Waals surface area (Å²) in [5.41, 5.74) is 9.36. The largest absolute Gasteiger partial charge is 0.496 e. The number of nitrogens with one attached hydrogen (secondary N) is 1. The minimum Gasteiger partial charge on any atom is -0.496 e. The van der Waals surface area contributed by atoms with E-state index >= 15 is 0 Å². The number of hydrogen-bond acceptors (Lipinski definition) is 8. The average molecular weight is 604 g/mol. The third-order valence-electron chi connectivity index (χ3n) is 7.67. The number of Topliss-reactive ketones (excluding diaryl/α,β-unsaturated/α-hetero) is 1. The van der Waals surface area contributed by atoms with Crippen LogP contribution in [0.3, 0.4) is 0 Å². The van der Waals surface area contributed by atoms with Crippen LogP contribution in [0.15, 0.2) is 18.5 Å². The maximum atomic E-state index is 13.7. The smallest absolute Gasteiger partial charge is 0.391 e. The topological polar surface area (TPSA) is 130 Å². The molecule has 1 amide bonds. The Morgan fingerprint density at radius 1 is 1.26 bits per heavy atom. The van der Waals surface area contributed by atoms with Crippen molar-refractivity contribution < 1.29 is 27.5 Å². The Hall–Kier alpha value is -3.97. The molecule has 0 aromatic carbocycles. The normalized spacial score (nSPS) is 17.3. The van der Waals surface area contributed by atoms with Crippen molar-refractivity contribution in [3.63, 3.8) is 0 Å². The molecule has 42 heavy (non-hydrogen) atoms.